The van der Waals surface area contributed by atoms with Crippen molar-refractivity contribution in [1.29, 1.82) is 0 Å². The Balaban J connectivity index is 1.90. The maximum absolute atomic E-state index is 8.96. The van der Waals surface area contributed by atoms with Gasteiger partial charge >= 0.3 is 0 Å². The Hall–Kier alpha value is -0.840. The van der Waals surface area contributed by atoms with Gasteiger partial charge in [0.25, 0.3) is 0 Å². The van der Waals surface area contributed by atoms with E-state index in [9.17, 15) is 0 Å². The van der Waals surface area contributed by atoms with Gasteiger partial charge in [-0.05, 0) is 19.1 Å². The maximum Gasteiger partial charge on any atom is 0.117 e. The second-order valence-corrected chi connectivity index (χ2v) is 3.31. The summed E-state index contributed by atoms with van der Waals surface area (Å²) < 4.78 is 5.16. The van der Waals surface area contributed by atoms with E-state index in [0.29, 0.717) is 6.54 Å². The molecule has 0 fully saturated rings. The molecule has 1 unspecified atom stereocenters. The smallest absolute Gasteiger partial charge is 0.117 e. The Morgan fingerprint density at radius 2 is 2.21 bits per heavy atom. The second-order valence-electron chi connectivity index (χ2n) is 3.31. The van der Waals surface area contributed by atoms with Crippen LogP contribution >= 0.6 is 0 Å². The first-order chi connectivity index (χ1) is 6.79. The summed E-state index contributed by atoms with van der Waals surface area (Å²) in [6, 6.07) is 3.82. The molecule has 0 aromatic carbocycles. The van der Waals surface area contributed by atoms with Crippen molar-refractivity contribution in [3.05, 3.63) is 24.2 Å². The van der Waals surface area contributed by atoms with Crippen molar-refractivity contribution in [2.75, 3.05) is 19.6 Å². The zero-order chi connectivity index (χ0) is 10.2. The Morgan fingerprint density at radius 3 is 2.86 bits per heavy atom. The average molecular weight is 198 g/mol. The van der Waals surface area contributed by atoms with Crippen molar-refractivity contribution in [1.82, 2.24) is 10.6 Å². The maximum atomic E-state index is 8.96. The van der Waals surface area contributed by atoms with E-state index in [1.807, 2.05) is 12.1 Å². The average Bonchev–Trinajstić information content (AvgIpc) is 2.63. The van der Waals surface area contributed by atoms with Gasteiger partial charge in [0.15, 0.2) is 0 Å². The van der Waals surface area contributed by atoms with Crippen molar-refractivity contribution in [3.8, 4) is 0 Å². The van der Waals surface area contributed by atoms with Crippen LogP contribution in [0.1, 0.15) is 12.7 Å². The number of rotatable bonds is 7. The van der Waals surface area contributed by atoms with Gasteiger partial charge in [-0.25, -0.2) is 0 Å². The summed E-state index contributed by atoms with van der Waals surface area (Å²) in [5.74, 6) is 0.945. The van der Waals surface area contributed by atoms with Crippen molar-refractivity contribution in [2.45, 2.75) is 19.6 Å². The fourth-order valence-corrected chi connectivity index (χ4v) is 1.11. The lowest BCUT2D eigenvalue weighted by Crippen LogP contribution is -2.31. The number of hydrogen-bond acceptors (Lipinski definition) is 4. The molecular formula is C10H18N2O2. The van der Waals surface area contributed by atoms with Gasteiger partial charge in [-0.2, -0.15) is 0 Å². The summed E-state index contributed by atoms with van der Waals surface area (Å²) in [6.07, 6.45) is 1.39. The molecule has 0 radical (unpaired) electrons. The van der Waals surface area contributed by atoms with Crippen LogP contribution in [0.3, 0.4) is 0 Å². The zero-order valence-electron chi connectivity index (χ0n) is 8.49. The van der Waals surface area contributed by atoms with Crippen molar-refractivity contribution in [3.63, 3.8) is 0 Å². The Labute approximate surface area is 84.3 Å². The lowest BCUT2D eigenvalue weighted by atomic mass is 10.4. The Kier molecular flexibility index (Phi) is 5.29. The molecule has 1 atom stereocenters. The first-order valence-corrected chi connectivity index (χ1v) is 4.91. The minimum absolute atomic E-state index is 0.278. The van der Waals surface area contributed by atoms with Crippen LogP contribution in [0.2, 0.25) is 0 Å². The highest BCUT2D eigenvalue weighted by Crippen LogP contribution is 1.97. The summed E-state index contributed by atoms with van der Waals surface area (Å²) in [7, 11) is 0. The van der Waals surface area contributed by atoms with Gasteiger partial charge in [0, 0.05) is 19.6 Å². The van der Waals surface area contributed by atoms with E-state index in [-0.39, 0.29) is 6.10 Å². The standard InChI is InChI=1S/C10H18N2O2/c1-9(13)7-11-4-5-12-8-10-3-2-6-14-10/h2-3,6,9,11-13H,4-5,7-8H2,1H3. The van der Waals surface area contributed by atoms with E-state index < -0.39 is 0 Å². The van der Waals surface area contributed by atoms with E-state index in [4.69, 9.17) is 9.52 Å². The summed E-state index contributed by atoms with van der Waals surface area (Å²) >= 11 is 0. The van der Waals surface area contributed by atoms with Crippen molar-refractivity contribution < 1.29 is 9.52 Å². The highest BCUT2D eigenvalue weighted by molar-refractivity contribution is 4.97. The van der Waals surface area contributed by atoms with E-state index in [1.165, 1.54) is 0 Å². The molecule has 1 aromatic rings. The third-order valence-electron chi connectivity index (χ3n) is 1.80. The minimum atomic E-state index is -0.278. The Bertz CT molecular complexity index is 222. The predicted octanol–water partition coefficient (Wildman–Crippen LogP) is 0.340. The minimum Gasteiger partial charge on any atom is -0.468 e. The van der Waals surface area contributed by atoms with Crippen molar-refractivity contribution >= 4 is 0 Å². The zero-order valence-corrected chi connectivity index (χ0v) is 8.49. The molecule has 0 saturated carbocycles. The molecule has 0 aliphatic carbocycles. The third kappa shape index (κ3) is 5.01. The Morgan fingerprint density at radius 1 is 1.43 bits per heavy atom. The number of hydrogen-bond donors (Lipinski definition) is 3. The monoisotopic (exact) mass is 198 g/mol. The topological polar surface area (TPSA) is 57.4 Å². The molecular weight excluding hydrogens is 180 g/mol. The van der Waals surface area contributed by atoms with Crippen molar-refractivity contribution in [2.24, 2.45) is 0 Å². The summed E-state index contributed by atoms with van der Waals surface area (Å²) in [4.78, 5) is 0. The van der Waals surface area contributed by atoms with E-state index in [1.54, 1.807) is 13.2 Å². The van der Waals surface area contributed by atoms with Crippen LogP contribution in [-0.4, -0.2) is 30.8 Å². The van der Waals surface area contributed by atoms with Crippen LogP contribution in [0.15, 0.2) is 22.8 Å². The van der Waals surface area contributed by atoms with Crippen LogP contribution < -0.4 is 10.6 Å². The lowest BCUT2D eigenvalue weighted by Gasteiger charge is -2.06. The molecule has 1 aromatic heterocycles. The molecule has 1 heterocycles. The van der Waals surface area contributed by atoms with Gasteiger partial charge in [-0.15, -0.1) is 0 Å². The number of furan rings is 1. The highest BCUT2D eigenvalue weighted by Gasteiger charge is 1.95. The van der Waals surface area contributed by atoms with Crippen LogP contribution in [-0.2, 0) is 6.54 Å². The van der Waals surface area contributed by atoms with E-state index in [2.05, 4.69) is 10.6 Å². The second kappa shape index (κ2) is 6.59. The fraction of sp³-hybridized carbons (Fsp3) is 0.600. The van der Waals surface area contributed by atoms with Gasteiger partial charge in [0.2, 0.25) is 0 Å². The fourth-order valence-electron chi connectivity index (χ4n) is 1.11. The number of aliphatic hydroxyl groups is 1. The van der Waals surface area contributed by atoms with Gasteiger partial charge in [-0.1, -0.05) is 0 Å². The van der Waals surface area contributed by atoms with Gasteiger partial charge in [0.1, 0.15) is 5.76 Å². The summed E-state index contributed by atoms with van der Waals surface area (Å²) in [6.45, 7) is 4.88. The molecule has 14 heavy (non-hydrogen) atoms. The molecule has 0 bridgehead atoms. The molecule has 0 aliphatic rings. The van der Waals surface area contributed by atoms with Crippen LogP contribution in [0.4, 0.5) is 0 Å². The molecule has 80 valence electrons. The molecule has 3 N–H and O–H groups in total. The summed E-state index contributed by atoms with van der Waals surface area (Å²) in [5.41, 5.74) is 0. The predicted molar refractivity (Wildman–Crippen MR) is 55.0 cm³/mol. The quantitative estimate of drug-likeness (QED) is 0.553. The molecule has 4 heteroatoms. The number of nitrogens with one attached hydrogen (secondary N) is 2. The van der Waals surface area contributed by atoms with E-state index >= 15 is 0 Å². The van der Waals surface area contributed by atoms with Crippen LogP contribution in [0, 0.1) is 0 Å². The molecule has 1 rings (SSSR count). The van der Waals surface area contributed by atoms with Gasteiger partial charge in [0.05, 0.1) is 18.9 Å². The molecule has 4 nitrogen and oxygen atoms in total. The SMILES string of the molecule is CC(O)CNCCNCc1ccco1. The molecule has 0 aliphatic heterocycles. The van der Waals surface area contributed by atoms with Gasteiger partial charge in [-0.3, -0.25) is 0 Å². The largest absolute Gasteiger partial charge is 0.468 e. The molecule has 0 amide bonds. The third-order valence-corrected chi connectivity index (χ3v) is 1.80. The first-order valence-electron chi connectivity index (χ1n) is 4.91. The molecule has 0 saturated heterocycles. The van der Waals surface area contributed by atoms with Gasteiger partial charge < -0.3 is 20.2 Å². The first kappa shape index (κ1) is 11.2. The highest BCUT2D eigenvalue weighted by atomic mass is 16.3. The lowest BCUT2D eigenvalue weighted by molar-refractivity contribution is 0.191. The molecule has 0 spiro atoms. The van der Waals surface area contributed by atoms with Crippen LogP contribution in [0.5, 0.6) is 0 Å². The van der Waals surface area contributed by atoms with E-state index in [0.717, 1.165) is 25.4 Å². The van der Waals surface area contributed by atoms with Crippen LogP contribution in [0.25, 0.3) is 0 Å². The summed E-state index contributed by atoms with van der Waals surface area (Å²) in [5, 5.41) is 15.3. The number of aliphatic hydroxyl groups excluding tert-OH is 1. The normalized spacial score (nSPS) is 13.0.